The van der Waals surface area contributed by atoms with Crippen LogP contribution in [0.3, 0.4) is 0 Å². The summed E-state index contributed by atoms with van der Waals surface area (Å²) in [7, 11) is 0. The number of carboxylic acid groups (broad SMARTS) is 1. The van der Waals surface area contributed by atoms with E-state index < -0.39 is 5.97 Å². The van der Waals surface area contributed by atoms with Gasteiger partial charge in [-0.1, -0.05) is 70.4 Å². The molecule has 22 heavy (non-hydrogen) atoms. The van der Waals surface area contributed by atoms with Crippen LogP contribution in [0.4, 0.5) is 0 Å². The molecule has 0 aromatic heterocycles. The molecule has 0 unspecified atom stereocenters. The van der Waals surface area contributed by atoms with E-state index in [1.54, 1.807) is 0 Å². The zero-order valence-electron chi connectivity index (χ0n) is 14.4. The van der Waals surface area contributed by atoms with E-state index in [1.807, 2.05) is 0 Å². The predicted octanol–water partition coefficient (Wildman–Crippen LogP) is 5.61. The molecule has 0 aromatic rings. The Kier molecular flexibility index (Phi) is 24.7. The number of rotatable bonds is 15. The van der Waals surface area contributed by atoms with Crippen molar-refractivity contribution in [2.24, 2.45) is 0 Å². The van der Waals surface area contributed by atoms with Crippen LogP contribution in [0.5, 0.6) is 0 Å². The zero-order valence-corrected chi connectivity index (χ0v) is 15.5. The Bertz CT molecular complexity index is 255. The molecule has 0 aliphatic carbocycles. The fourth-order valence-electron chi connectivity index (χ4n) is 2.35. The molecule has 0 aliphatic rings. The van der Waals surface area contributed by atoms with E-state index in [2.05, 4.69) is 19.1 Å². The maximum atomic E-state index is 10.3. The Hall–Kier alpha value is -0.458. The topological polar surface area (TPSA) is 54.4 Å². The van der Waals surface area contributed by atoms with Crippen molar-refractivity contribution in [3.63, 3.8) is 0 Å². The summed E-state index contributed by atoms with van der Waals surface area (Å²) >= 11 is 1.17. The normalized spacial score (nSPS) is 10.4. The monoisotopic (exact) mass is 325 g/mol. The summed E-state index contributed by atoms with van der Waals surface area (Å²) in [4.78, 5) is 10.3. The Morgan fingerprint density at radius 3 is 1.64 bits per heavy atom. The second-order valence-corrected chi connectivity index (χ2v) is 5.73. The molecular weight excluding hydrogens is 291 g/mol. The number of unbranched alkanes of at least 4 members (excludes halogenated alkanes) is 11. The van der Waals surface area contributed by atoms with E-state index in [1.165, 1.54) is 86.9 Å². The SMILES string of the molecule is CCCCCCCC/C=C\CCCCCCCC(=O)O.[O]=[Al]. The van der Waals surface area contributed by atoms with Gasteiger partial charge >= 0.3 is 26.0 Å². The quantitative estimate of drug-likeness (QED) is 0.242. The van der Waals surface area contributed by atoms with Gasteiger partial charge in [-0.15, -0.1) is 0 Å². The summed E-state index contributed by atoms with van der Waals surface area (Å²) in [6, 6.07) is 0. The third kappa shape index (κ3) is 24.6. The fourth-order valence-corrected chi connectivity index (χ4v) is 2.35. The zero-order chi connectivity index (χ0) is 16.9. The molecule has 0 amide bonds. The van der Waals surface area contributed by atoms with Crippen LogP contribution in [-0.4, -0.2) is 27.3 Å². The van der Waals surface area contributed by atoms with Gasteiger partial charge in [0.1, 0.15) is 0 Å². The molecule has 0 saturated heterocycles. The van der Waals surface area contributed by atoms with Gasteiger partial charge in [0.25, 0.3) is 0 Å². The first-order valence-electron chi connectivity index (χ1n) is 8.87. The fraction of sp³-hybridized carbons (Fsp3) is 0.833. The Balaban J connectivity index is 0. The van der Waals surface area contributed by atoms with Crippen LogP contribution in [0.1, 0.15) is 96.8 Å². The molecule has 3 nitrogen and oxygen atoms in total. The second-order valence-electron chi connectivity index (χ2n) is 5.73. The van der Waals surface area contributed by atoms with Crippen LogP contribution in [0.15, 0.2) is 12.2 Å². The van der Waals surface area contributed by atoms with E-state index in [0.29, 0.717) is 6.42 Å². The summed E-state index contributed by atoms with van der Waals surface area (Å²) in [5.74, 6) is -0.664. The van der Waals surface area contributed by atoms with Gasteiger partial charge in [-0.3, -0.25) is 4.79 Å². The minimum atomic E-state index is -0.664. The molecule has 1 N–H and O–H groups in total. The first-order chi connectivity index (χ1) is 10.8. The molecule has 0 saturated carbocycles. The molecule has 0 rings (SSSR count). The van der Waals surface area contributed by atoms with Crippen LogP contribution in [0, 0.1) is 0 Å². The van der Waals surface area contributed by atoms with Gasteiger partial charge in [-0.05, 0) is 32.1 Å². The number of carboxylic acids is 1. The number of hydrogen-bond acceptors (Lipinski definition) is 2. The first kappa shape index (κ1) is 23.8. The van der Waals surface area contributed by atoms with Gasteiger partial charge in [0, 0.05) is 6.42 Å². The molecule has 0 aromatic carbocycles. The van der Waals surface area contributed by atoms with Crippen molar-refractivity contribution in [3.05, 3.63) is 12.2 Å². The summed E-state index contributed by atoms with van der Waals surface area (Å²) < 4.78 is 8.17. The van der Waals surface area contributed by atoms with E-state index in [9.17, 15) is 4.79 Å². The van der Waals surface area contributed by atoms with Crippen molar-refractivity contribution in [1.29, 1.82) is 0 Å². The van der Waals surface area contributed by atoms with E-state index in [-0.39, 0.29) is 0 Å². The molecule has 127 valence electrons. The number of hydrogen-bond donors (Lipinski definition) is 1. The summed E-state index contributed by atoms with van der Waals surface area (Å²) in [6.45, 7) is 2.26. The van der Waals surface area contributed by atoms with Crippen molar-refractivity contribution in [2.45, 2.75) is 96.8 Å². The van der Waals surface area contributed by atoms with Crippen LogP contribution in [0.2, 0.25) is 0 Å². The third-order valence-corrected chi connectivity index (χ3v) is 3.65. The molecule has 0 fully saturated rings. The van der Waals surface area contributed by atoms with E-state index >= 15 is 0 Å². The Labute approximate surface area is 145 Å². The molecule has 1 radical (unpaired) electrons. The van der Waals surface area contributed by atoms with Crippen molar-refractivity contribution in [2.75, 3.05) is 0 Å². The average Bonchev–Trinajstić information content (AvgIpc) is 2.53. The van der Waals surface area contributed by atoms with E-state index in [4.69, 9.17) is 8.91 Å². The molecule has 0 atom stereocenters. The van der Waals surface area contributed by atoms with Crippen LogP contribution in [0.25, 0.3) is 0 Å². The molecule has 0 spiro atoms. The van der Waals surface area contributed by atoms with Gasteiger partial charge < -0.3 is 5.11 Å². The molecule has 4 heteroatoms. The average molecular weight is 325 g/mol. The van der Waals surface area contributed by atoms with Gasteiger partial charge in [0.05, 0.1) is 0 Å². The second kappa shape index (κ2) is 22.8. The van der Waals surface area contributed by atoms with Crippen LogP contribution in [-0.2, 0) is 8.60 Å². The molecule has 0 heterocycles. The summed E-state index contributed by atoms with van der Waals surface area (Å²) in [5.41, 5.74) is 0. The van der Waals surface area contributed by atoms with Crippen molar-refractivity contribution >= 4 is 22.2 Å². The molecule has 0 aliphatic heterocycles. The number of aliphatic carboxylic acids is 1. The van der Waals surface area contributed by atoms with E-state index in [0.717, 1.165) is 12.8 Å². The third-order valence-electron chi connectivity index (χ3n) is 3.65. The van der Waals surface area contributed by atoms with Gasteiger partial charge in [0.15, 0.2) is 0 Å². The standard InChI is InChI=1S/C18H34O2.Al.O/c1-2-3-4-5-6-7-8-9-10-11-12-13-14-15-16-17-18(19)20;;/h9-10H,2-8,11-17H2,1H3,(H,19,20);;/b10-9-;;. The van der Waals surface area contributed by atoms with Crippen LogP contribution < -0.4 is 0 Å². The van der Waals surface area contributed by atoms with Crippen molar-refractivity contribution < 1.29 is 13.7 Å². The van der Waals surface area contributed by atoms with Gasteiger partial charge in [-0.2, -0.15) is 0 Å². The predicted molar refractivity (Wildman–Crippen MR) is 93.5 cm³/mol. The number of allylic oxidation sites excluding steroid dienone is 2. The van der Waals surface area contributed by atoms with Gasteiger partial charge in [0.2, 0.25) is 0 Å². The maximum absolute atomic E-state index is 10.3. The number of carbonyl (C=O) groups is 1. The van der Waals surface area contributed by atoms with Crippen molar-refractivity contribution in [3.8, 4) is 0 Å². The summed E-state index contributed by atoms with van der Waals surface area (Å²) in [5, 5.41) is 8.51. The minimum absolute atomic E-state index is 0.332. The Morgan fingerprint density at radius 1 is 0.773 bits per heavy atom. The van der Waals surface area contributed by atoms with Gasteiger partial charge in [-0.25, -0.2) is 0 Å². The molecular formula is C18H34AlO3. The first-order valence-corrected chi connectivity index (χ1v) is 9.35. The van der Waals surface area contributed by atoms with Crippen LogP contribution >= 0.6 is 0 Å². The Morgan fingerprint density at radius 2 is 1.18 bits per heavy atom. The molecule has 0 bridgehead atoms. The van der Waals surface area contributed by atoms with Crippen molar-refractivity contribution in [1.82, 2.24) is 0 Å². The summed E-state index contributed by atoms with van der Waals surface area (Å²) in [6.07, 6.45) is 21.2.